The topological polar surface area (TPSA) is 28.5 Å². The minimum absolute atomic E-state index is 0.241. The number of rotatable bonds is 6. The van der Waals surface area contributed by atoms with Crippen molar-refractivity contribution in [1.82, 2.24) is 10.6 Å². The van der Waals surface area contributed by atoms with Gasteiger partial charge in [-0.05, 0) is 24.7 Å². The fourth-order valence-corrected chi connectivity index (χ4v) is 2.00. The van der Waals surface area contributed by atoms with Crippen LogP contribution in [0.1, 0.15) is 24.9 Å². The molecule has 1 aromatic carbocycles. The Balaban J connectivity index is 2.24. The van der Waals surface area contributed by atoms with Gasteiger partial charge in [-0.15, -0.1) is 0 Å². The first-order chi connectivity index (χ1) is 8.59. The minimum atomic E-state index is 0.241. The van der Waals surface area contributed by atoms with Crippen LogP contribution < -0.4 is 15.5 Å². The molecule has 0 heterocycles. The summed E-state index contributed by atoms with van der Waals surface area (Å²) in [6.45, 7) is 4.20. The van der Waals surface area contributed by atoms with Crippen LogP contribution in [0.5, 0.6) is 0 Å². The van der Waals surface area contributed by atoms with Gasteiger partial charge in [-0.3, -0.25) is 0 Å². The largest absolute Gasteiger partial charge is 0.362 e. The summed E-state index contributed by atoms with van der Waals surface area (Å²) in [7, 11) is 4.32. The smallest absolute Gasteiger partial charge is 0.166 e. The Labute approximate surface area is 116 Å². The molecule has 1 atom stereocenters. The van der Waals surface area contributed by atoms with E-state index in [0.29, 0.717) is 0 Å². The van der Waals surface area contributed by atoms with Crippen molar-refractivity contribution in [3.63, 3.8) is 0 Å². The van der Waals surface area contributed by atoms with E-state index in [4.69, 9.17) is 12.2 Å². The Kier molecular flexibility index (Phi) is 6.68. The summed E-state index contributed by atoms with van der Waals surface area (Å²) in [5.41, 5.74) is 1.25. The summed E-state index contributed by atoms with van der Waals surface area (Å²) in [6.07, 6.45) is 1.13. The van der Waals surface area contributed by atoms with E-state index in [9.17, 15) is 0 Å². The molecule has 1 rings (SSSR count). The molecule has 0 amide bonds. The van der Waals surface area contributed by atoms with E-state index in [2.05, 4.69) is 43.8 Å². The Morgan fingerprint density at radius 2 is 1.94 bits per heavy atom. The van der Waals surface area contributed by atoms with Gasteiger partial charge in [0.25, 0.3) is 0 Å². The molecule has 0 aliphatic heterocycles. The van der Waals surface area contributed by atoms with Crippen LogP contribution in [0, 0.1) is 0 Å². The first-order valence-electron chi connectivity index (χ1n) is 6.48. The number of hydrogen-bond donors (Lipinski definition) is 3. The molecule has 0 unspecified atom stereocenters. The average molecular weight is 266 g/mol. The van der Waals surface area contributed by atoms with Crippen molar-refractivity contribution < 1.29 is 4.90 Å². The van der Waals surface area contributed by atoms with Crippen molar-refractivity contribution in [2.75, 3.05) is 27.2 Å². The lowest BCUT2D eigenvalue weighted by molar-refractivity contribution is -0.858. The molecule has 4 heteroatoms. The molecule has 3 nitrogen and oxygen atoms in total. The Morgan fingerprint density at radius 1 is 1.28 bits per heavy atom. The zero-order chi connectivity index (χ0) is 13.4. The summed E-state index contributed by atoms with van der Waals surface area (Å²) in [5.74, 6) is 0. The number of hydrogen-bond acceptors (Lipinski definition) is 1. The lowest BCUT2D eigenvalue weighted by Crippen LogP contribution is -3.05. The van der Waals surface area contributed by atoms with Crippen LogP contribution in [0.4, 0.5) is 0 Å². The highest BCUT2D eigenvalue weighted by atomic mass is 32.1. The van der Waals surface area contributed by atoms with Crippen molar-refractivity contribution in [3.8, 4) is 0 Å². The van der Waals surface area contributed by atoms with Crippen LogP contribution in [-0.4, -0.2) is 32.3 Å². The standard InChI is InChI=1S/C14H23N3S/c1-12(13-8-5-4-6-9-13)16-14(18)15-10-7-11-17(2)3/h4-6,8-9,12H,7,10-11H2,1-3H3,(H2,15,16,18)/p+1/t12-/m1/s1. The van der Waals surface area contributed by atoms with E-state index in [1.165, 1.54) is 10.5 Å². The average Bonchev–Trinajstić information content (AvgIpc) is 2.35. The molecule has 0 saturated heterocycles. The second kappa shape index (κ2) is 8.06. The number of thiocarbonyl (C=S) groups is 1. The van der Waals surface area contributed by atoms with Crippen LogP contribution in [-0.2, 0) is 0 Å². The molecular weight excluding hydrogens is 242 g/mol. The molecule has 0 aliphatic carbocycles. The Morgan fingerprint density at radius 3 is 2.56 bits per heavy atom. The van der Waals surface area contributed by atoms with Crippen molar-refractivity contribution >= 4 is 17.3 Å². The van der Waals surface area contributed by atoms with Crippen LogP contribution in [0.25, 0.3) is 0 Å². The summed E-state index contributed by atoms with van der Waals surface area (Å²) in [5, 5.41) is 7.28. The Bertz CT molecular complexity index is 351. The zero-order valence-electron chi connectivity index (χ0n) is 11.5. The number of benzene rings is 1. The predicted molar refractivity (Wildman–Crippen MR) is 80.9 cm³/mol. The van der Waals surface area contributed by atoms with Gasteiger partial charge in [0.15, 0.2) is 5.11 Å². The van der Waals surface area contributed by atoms with Crippen molar-refractivity contribution in [2.24, 2.45) is 0 Å². The van der Waals surface area contributed by atoms with E-state index in [1.54, 1.807) is 0 Å². The quantitative estimate of drug-likeness (QED) is 0.524. The number of nitrogens with one attached hydrogen (secondary N) is 3. The molecule has 0 spiro atoms. The minimum Gasteiger partial charge on any atom is -0.362 e. The summed E-state index contributed by atoms with van der Waals surface area (Å²) >= 11 is 5.28. The summed E-state index contributed by atoms with van der Waals surface area (Å²) in [4.78, 5) is 1.47. The van der Waals surface area contributed by atoms with Gasteiger partial charge in [0.2, 0.25) is 0 Å². The summed E-state index contributed by atoms with van der Waals surface area (Å²) < 4.78 is 0. The van der Waals surface area contributed by atoms with Gasteiger partial charge in [0, 0.05) is 13.0 Å². The van der Waals surface area contributed by atoms with Crippen LogP contribution in [0.15, 0.2) is 30.3 Å². The molecule has 1 aromatic rings. The van der Waals surface area contributed by atoms with Gasteiger partial charge in [0.1, 0.15) is 0 Å². The first-order valence-corrected chi connectivity index (χ1v) is 6.88. The SMILES string of the molecule is C[C@@H](NC(=S)NCCC[NH+](C)C)c1ccccc1. The molecule has 0 saturated carbocycles. The van der Waals surface area contributed by atoms with E-state index >= 15 is 0 Å². The highest BCUT2D eigenvalue weighted by molar-refractivity contribution is 7.80. The third-order valence-corrected chi connectivity index (χ3v) is 3.05. The lowest BCUT2D eigenvalue weighted by atomic mass is 10.1. The van der Waals surface area contributed by atoms with E-state index in [0.717, 1.165) is 24.6 Å². The van der Waals surface area contributed by atoms with Gasteiger partial charge >= 0.3 is 0 Å². The molecule has 3 N–H and O–H groups in total. The van der Waals surface area contributed by atoms with Crippen molar-refractivity contribution in [1.29, 1.82) is 0 Å². The Hall–Kier alpha value is -1.13. The van der Waals surface area contributed by atoms with Gasteiger partial charge in [0.05, 0.1) is 26.7 Å². The third kappa shape index (κ3) is 5.98. The predicted octanol–water partition coefficient (Wildman–Crippen LogP) is 0.746. The van der Waals surface area contributed by atoms with Crippen molar-refractivity contribution in [2.45, 2.75) is 19.4 Å². The fourth-order valence-electron chi connectivity index (χ4n) is 1.72. The second-order valence-electron chi connectivity index (χ2n) is 4.84. The van der Waals surface area contributed by atoms with Crippen molar-refractivity contribution in [3.05, 3.63) is 35.9 Å². The molecule has 0 aromatic heterocycles. The molecule has 0 bridgehead atoms. The maximum Gasteiger partial charge on any atom is 0.166 e. The molecule has 0 fully saturated rings. The van der Waals surface area contributed by atoms with Gasteiger partial charge < -0.3 is 15.5 Å². The van der Waals surface area contributed by atoms with E-state index in [-0.39, 0.29) is 6.04 Å². The highest BCUT2D eigenvalue weighted by Gasteiger charge is 2.05. The molecule has 100 valence electrons. The first kappa shape index (κ1) is 14.9. The monoisotopic (exact) mass is 266 g/mol. The zero-order valence-corrected chi connectivity index (χ0v) is 12.3. The van der Waals surface area contributed by atoms with Gasteiger partial charge in [-0.25, -0.2) is 0 Å². The normalized spacial score (nSPS) is 12.2. The molecular formula is C14H24N3S+. The molecule has 0 aliphatic rings. The molecule has 18 heavy (non-hydrogen) atoms. The van der Waals surface area contributed by atoms with Crippen LogP contribution in [0.2, 0.25) is 0 Å². The summed E-state index contributed by atoms with van der Waals surface area (Å²) in [6, 6.07) is 10.6. The molecule has 0 radical (unpaired) electrons. The third-order valence-electron chi connectivity index (χ3n) is 2.79. The fraction of sp³-hybridized carbons (Fsp3) is 0.500. The van der Waals surface area contributed by atoms with Crippen LogP contribution >= 0.6 is 12.2 Å². The number of quaternary nitrogens is 1. The van der Waals surface area contributed by atoms with Gasteiger partial charge in [-0.1, -0.05) is 30.3 Å². The van der Waals surface area contributed by atoms with Gasteiger partial charge in [-0.2, -0.15) is 0 Å². The van der Waals surface area contributed by atoms with E-state index < -0.39 is 0 Å². The lowest BCUT2D eigenvalue weighted by Gasteiger charge is -2.17. The second-order valence-corrected chi connectivity index (χ2v) is 5.25. The highest BCUT2D eigenvalue weighted by Crippen LogP contribution is 2.10. The maximum atomic E-state index is 5.28. The van der Waals surface area contributed by atoms with E-state index in [1.807, 2.05) is 18.2 Å². The van der Waals surface area contributed by atoms with Crippen LogP contribution in [0.3, 0.4) is 0 Å². The maximum absolute atomic E-state index is 5.28.